The van der Waals surface area contributed by atoms with Crippen LogP contribution in [0, 0.1) is 6.92 Å². The Labute approximate surface area is 130 Å². The zero-order valence-corrected chi connectivity index (χ0v) is 12.9. The Bertz CT molecular complexity index is 783. The third-order valence-corrected chi connectivity index (χ3v) is 3.95. The smallest absolute Gasteiger partial charge is 0.133 e. The zero-order valence-electron chi connectivity index (χ0n) is 12.2. The van der Waals surface area contributed by atoms with E-state index in [0.29, 0.717) is 5.88 Å². The summed E-state index contributed by atoms with van der Waals surface area (Å²) in [5.41, 5.74) is 4.44. The molecule has 0 aliphatic heterocycles. The van der Waals surface area contributed by atoms with Crippen molar-refractivity contribution in [3.05, 3.63) is 65.7 Å². The molecule has 2 aromatic carbocycles. The van der Waals surface area contributed by atoms with Crippen molar-refractivity contribution < 1.29 is 0 Å². The van der Waals surface area contributed by atoms with E-state index in [0.717, 1.165) is 28.0 Å². The summed E-state index contributed by atoms with van der Waals surface area (Å²) in [6, 6.07) is 18.6. The number of alkyl halides is 1. The van der Waals surface area contributed by atoms with E-state index in [1.54, 1.807) is 0 Å². The Hall–Kier alpha value is -2.06. The van der Waals surface area contributed by atoms with Crippen LogP contribution in [0.15, 0.2) is 54.6 Å². The second kappa shape index (κ2) is 5.74. The van der Waals surface area contributed by atoms with Gasteiger partial charge in [-0.25, -0.2) is 4.98 Å². The lowest BCUT2D eigenvalue weighted by atomic mass is 10.1. The molecule has 0 amide bonds. The molecule has 0 radical (unpaired) electrons. The van der Waals surface area contributed by atoms with Crippen molar-refractivity contribution in [1.29, 1.82) is 0 Å². The van der Waals surface area contributed by atoms with E-state index >= 15 is 0 Å². The summed E-state index contributed by atoms with van der Waals surface area (Å²) in [4.78, 5) is 6.85. The van der Waals surface area contributed by atoms with E-state index in [4.69, 9.17) is 16.6 Å². The predicted molar refractivity (Wildman–Crippen MR) is 90.5 cm³/mol. The summed E-state index contributed by atoms with van der Waals surface area (Å²) in [5.74, 6) is 1.40. The van der Waals surface area contributed by atoms with E-state index in [1.807, 2.05) is 25.2 Å². The van der Waals surface area contributed by atoms with Gasteiger partial charge in [-0.05, 0) is 42.3 Å². The fraction of sp³-hybridized carbons (Fsp3) is 0.167. The molecule has 3 rings (SSSR count). The lowest BCUT2D eigenvalue weighted by Crippen LogP contribution is -2.11. The number of hydrogen-bond acceptors (Lipinski definition) is 2. The number of anilines is 2. The first kappa shape index (κ1) is 13.9. The van der Waals surface area contributed by atoms with Crippen LogP contribution in [-0.4, -0.2) is 12.0 Å². The van der Waals surface area contributed by atoms with Crippen molar-refractivity contribution >= 4 is 34.0 Å². The number of halogens is 1. The Morgan fingerprint density at radius 1 is 1.05 bits per heavy atom. The number of para-hydroxylation sites is 1. The maximum Gasteiger partial charge on any atom is 0.133 e. The Morgan fingerprint density at radius 3 is 2.62 bits per heavy atom. The van der Waals surface area contributed by atoms with Gasteiger partial charge in [-0.15, -0.1) is 11.6 Å². The molecule has 0 atom stereocenters. The molecule has 0 spiro atoms. The predicted octanol–water partition coefficient (Wildman–Crippen LogP) is 5.05. The number of rotatable bonds is 3. The minimum atomic E-state index is 0.484. The van der Waals surface area contributed by atoms with Crippen LogP contribution < -0.4 is 4.90 Å². The van der Waals surface area contributed by atoms with Gasteiger partial charge in [0.05, 0.1) is 5.52 Å². The lowest BCUT2D eigenvalue weighted by Gasteiger charge is -2.20. The van der Waals surface area contributed by atoms with Crippen LogP contribution in [-0.2, 0) is 5.88 Å². The second-order valence-electron chi connectivity index (χ2n) is 5.19. The van der Waals surface area contributed by atoms with Crippen LogP contribution in [0.1, 0.15) is 11.1 Å². The topological polar surface area (TPSA) is 16.1 Å². The van der Waals surface area contributed by atoms with Crippen molar-refractivity contribution in [3.63, 3.8) is 0 Å². The van der Waals surface area contributed by atoms with E-state index in [9.17, 15) is 0 Å². The highest BCUT2D eigenvalue weighted by atomic mass is 35.5. The van der Waals surface area contributed by atoms with Crippen LogP contribution in [0.5, 0.6) is 0 Å². The summed E-state index contributed by atoms with van der Waals surface area (Å²) >= 11 is 6.11. The van der Waals surface area contributed by atoms with Crippen molar-refractivity contribution in [2.24, 2.45) is 0 Å². The molecule has 0 unspecified atom stereocenters. The van der Waals surface area contributed by atoms with Gasteiger partial charge in [0.15, 0.2) is 0 Å². The van der Waals surface area contributed by atoms with Crippen LogP contribution in [0.2, 0.25) is 0 Å². The average molecular weight is 297 g/mol. The van der Waals surface area contributed by atoms with Gasteiger partial charge in [0, 0.05) is 24.0 Å². The molecule has 2 nitrogen and oxygen atoms in total. The lowest BCUT2D eigenvalue weighted by molar-refractivity contribution is 1.13. The Balaban J connectivity index is 2.12. The van der Waals surface area contributed by atoms with Crippen LogP contribution in [0.25, 0.3) is 10.9 Å². The summed E-state index contributed by atoms with van der Waals surface area (Å²) in [5, 5.41) is 1.12. The first-order chi connectivity index (χ1) is 10.2. The molecule has 0 N–H and O–H groups in total. The number of pyridine rings is 1. The van der Waals surface area contributed by atoms with Crippen LogP contribution in [0.4, 0.5) is 11.5 Å². The average Bonchev–Trinajstić information content (AvgIpc) is 2.53. The summed E-state index contributed by atoms with van der Waals surface area (Å²) in [6.07, 6.45) is 0. The quantitative estimate of drug-likeness (QED) is 0.629. The molecule has 0 fully saturated rings. The van der Waals surface area contributed by atoms with Gasteiger partial charge in [-0.2, -0.15) is 0 Å². The highest BCUT2D eigenvalue weighted by Crippen LogP contribution is 2.28. The summed E-state index contributed by atoms with van der Waals surface area (Å²) in [7, 11) is 2.03. The van der Waals surface area contributed by atoms with Crippen molar-refractivity contribution in [3.8, 4) is 0 Å². The monoisotopic (exact) mass is 296 g/mol. The maximum atomic E-state index is 6.11. The minimum Gasteiger partial charge on any atom is -0.329 e. The molecule has 1 aromatic heterocycles. The first-order valence-electron chi connectivity index (χ1n) is 6.94. The number of aromatic nitrogens is 1. The van der Waals surface area contributed by atoms with E-state index in [2.05, 4.69) is 48.2 Å². The molecule has 21 heavy (non-hydrogen) atoms. The van der Waals surface area contributed by atoms with E-state index in [1.165, 1.54) is 5.56 Å². The Kier molecular flexibility index (Phi) is 3.80. The molecular weight excluding hydrogens is 280 g/mol. The molecule has 3 heteroatoms. The molecule has 0 aliphatic rings. The number of nitrogens with zero attached hydrogens (tertiary/aromatic N) is 2. The second-order valence-corrected chi connectivity index (χ2v) is 5.46. The molecule has 0 saturated heterocycles. The van der Waals surface area contributed by atoms with Gasteiger partial charge in [0.2, 0.25) is 0 Å². The fourth-order valence-electron chi connectivity index (χ4n) is 2.48. The molecule has 0 bridgehead atoms. The van der Waals surface area contributed by atoms with Crippen molar-refractivity contribution in [1.82, 2.24) is 4.98 Å². The van der Waals surface area contributed by atoms with Gasteiger partial charge < -0.3 is 4.90 Å². The molecule has 106 valence electrons. The molecule has 3 aromatic rings. The fourth-order valence-corrected chi connectivity index (χ4v) is 2.70. The SMILES string of the molecule is Cc1cccc(N(C)c2cc(CCl)c3ccccc3n2)c1. The highest BCUT2D eigenvalue weighted by Gasteiger charge is 2.10. The van der Waals surface area contributed by atoms with Gasteiger partial charge in [0.25, 0.3) is 0 Å². The number of benzene rings is 2. The zero-order chi connectivity index (χ0) is 14.8. The van der Waals surface area contributed by atoms with Gasteiger partial charge >= 0.3 is 0 Å². The van der Waals surface area contributed by atoms with E-state index < -0.39 is 0 Å². The number of hydrogen-bond donors (Lipinski definition) is 0. The highest BCUT2D eigenvalue weighted by molar-refractivity contribution is 6.18. The normalized spacial score (nSPS) is 10.8. The van der Waals surface area contributed by atoms with Crippen LogP contribution in [0.3, 0.4) is 0 Å². The molecule has 0 aliphatic carbocycles. The largest absolute Gasteiger partial charge is 0.329 e. The summed E-state index contributed by atoms with van der Waals surface area (Å²) < 4.78 is 0. The number of fused-ring (bicyclic) bond motifs is 1. The first-order valence-corrected chi connectivity index (χ1v) is 7.47. The van der Waals surface area contributed by atoms with Gasteiger partial charge in [-0.1, -0.05) is 30.3 Å². The standard InChI is InChI=1S/C18H17ClN2/c1-13-6-5-7-15(10-13)21(2)18-11-14(12-19)16-8-3-4-9-17(16)20-18/h3-11H,12H2,1-2H3. The number of aryl methyl sites for hydroxylation is 1. The summed E-state index contributed by atoms with van der Waals surface area (Å²) in [6.45, 7) is 2.09. The van der Waals surface area contributed by atoms with Crippen LogP contribution >= 0.6 is 11.6 Å². The minimum absolute atomic E-state index is 0.484. The maximum absolute atomic E-state index is 6.11. The van der Waals surface area contributed by atoms with Crippen molar-refractivity contribution in [2.45, 2.75) is 12.8 Å². The third kappa shape index (κ3) is 2.72. The molecule has 1 heterocycles. The van der Waals surface area contributed by atoms with Crippen molar-refractivity contribution in [2.75, 3.05) is 11.9 Å². The van der Waals surface area contributed by atoms with Gasteiger partial charge in [-0.3, -0.25) is 0 Å². The Morgan fingerprint density at radius 2 is 1.86 bits per heavy atom. The van der Waals surface area contributed by atoms with E-state index in [-0.39, 0.29) is 0 Å². The molecule has 0 saturated carbocycles. The molecular formula is C18H17ClN2. The van der Waals surface area contributed by atoms with Gasteiger partial charge in [0.1, 0.15) is 5.82 Å². The third-order valence-electron chi connectivity index (χ3n) is 3.66.